The summed E-state index contributed by atoms with van der Waals surface area (Å²) in [6.07, 6.45) is 34.9. The van der Waals surface area contributed by atoms with Gasteiger partial charge in [-0.3, -0.25) is 0 Å². The van der Waals surface area contributed by atoms with Gasteiger partial charge in [0.2, 0.25) is 0 Å². The molecule has 0 spiro atoms. The highest BCUT2D eigenvalue weighted by Gasteiger charge is 2.33. The van der Waals surface area contributed by atoms with E-state index in [9.17, 15) is 0 Å². The van der Waals surface area contributed by atoms with Gasteiger partial charge in [-0.25, -0.2) is 0 Å². The molecule has 162 valence electrons. The van der Waals surface area contributed by atoms with Crippen molar-refractivity contribution in [1.29, 1.82) is 0 Å². The van der Waals surface area contributed by atoms with E-state index in [-0.39, 0.29) is 0 Å². The molecule has 0 saturated heterocycles. The van der Waals surface area contributed by atoms with E-state index in [1.807, 2.05) is 0 Å². The van der Waals surface area contributed by atoms with E-state index >= 15 is 0 Å². The summed E-state index contributed by atoms with van der Waals surface area (Å²) in [5.41, 5.74) is 4.76. The minimum Gasteiger partial charge on any atom is -0.100 e. The molecule has 28 heavy (non-hydrogen) atoms. The van der Waals surface area contributed by atoms with Gasteiger partial charge in [0.05, 0.1) is 0 Å². The second-order valence-electron chi connectivity index (χ2n) is 10.6. The fourth-order valence-electron chi connectivity index (χ4n) is 7.21. The van der Waals surface area contributed by atoms with Gasteiger partial charge in [0.1, 0.15) is 0 Å². The van der Waals surface area contributed by atoms with E-state index in [1.165, 1.54) is 22.6 Å². The smallest absolute Gasteiger partial charge is 0.0207 e. The monoisotopic (exact) mass is 422 g/mol. The van der Waals surface area contributed by atoms with Crippen LogP contribution in [0.1, 0.15) is 128 Å². The summed E-state index contributed by atoms with van der Waals surface area (Å²) in [5, 5.41) is 0. The van der Waals surface area contributed by atoms with Crippen LogP contribution in [0.2, 0.25) is 0 Å². The molecule has 4 rings (SSSR count). The van der Waals surface area contributed by atoms with Crippen molar-refractivity contribution in [1.82, 2.24) is 0 Å². The molecular formula is C26H48P2. The topological polar surface area (TPSA) is 0 Å². The quantitative estimate of drug-likeness (QED) is 0.230. The number of rotatable bonds is 11. The van der Waals surface area contributed by atoms with Crippen molar-refractivity contribution in [2.75, 3.05) is 12.3 Å². The SMILES string of the molecule is C(CCCP(C1CCCC1)C1CCCC1)CCP(C1CCCC1)C1CCCC1. The molecule has 0 bridgehead atoms. The molecule has 0 radical (unpaired) electrons. The van der Waals surface area contributed by atoms with Crippen LogP contribution in [-0.2, 0) is 0 Å². The van der Waals surface area contributed by atoms with Crippen molar-refractivity contribution in [3.05, 3.63) is 0 Å². The predicted octanol–water partition coefficient (Wildman–Crippen LogP) is 9.28. The Morgan fingerprint density at radius 1 is 0.357 bits per heavy atom. The minimum atomic E-state index is 0.393. The summed E-state index contributed by atoms with van der Waals surface area (Å²) in [6, 6.07) is 0. The van der Waals surface area contributed by atoms with Gasteiger partial charge in [-0.1, -0.05) is 64.2 Å². The lowest BCUT2D eigenvalue weighted by molar-refractivity contribution is 0.695. The van der Waals surface area contributed by atoms with Crippen LogP contribution in [-0.4, -0.2) is 35.0 Å². The third-order valence-electron chi connectivity index (χ3n) is 8.76. The molecule has 2 heteroatoms. The molecule has 4 fully saturated rings. The van der Waals surface area contributed by atoms with Crippen LogP contribution < -0.4 is 0 Å². The molecule has 0 heterocycles. The molecule has 0 aromatic carbocycles. The molecule has 4 aliphatic rings. The lowest BCUT2D eigenvalue weighted by atomic mass is 10.2. The second-order valence-corrected chi connectivity index (χ2v) is 16.5. The lowest BCUT2D eigenvalue weighted by Gasteiger charge is -2.31. The molecule has 0 aliphatic heterocycles. The Bertz CT molecular complexity index is 340. The van der Waals surface area contributed by atoms with Crippen LogP contribution in [0.4, 0.5) is 0 Å². The number of hydrogen-bond donors (Lipinski definition) is 0. The Morgan fingerprint density at radius 3 is 0.857 bits per heavy atom. The van der Waals surface area contributed by atoms with E-state index in [0.29, 0.717) is 15.8 Å². The van der Waals surface area contributed by atoms with Crippen LogP contribution >= 0.6 is 15.8 Å². The largest absolute Gasteiger partial charge is 0.100 e. The van der Waals surface area contributed by atoms with Gasteiger partial charge >= 0.3 is 0 Å². The summed E-state index contributed by atoms with van der Waals surface area (Å²) >= 11 is 0. The third kappa shape index (κ3) is 6.19. The molecule has 0 atom stereocenters. The zero-order valence-corrected chi connectivity index (χ0v) is 20.5. The fraction of sp³-hybridized carbons (Fsp3) is 1.00. The summed E-state index contributed by atoms with van der Waals surface area (Å²) in [5.74, 6) is 0. The van der Waals surface area contributed by atoms with Gasteiger partial charge in [-0.05, 0) is 99.2 Å². The lowest BCUT2D eigenvalue weighted by Crippen LogP contribution is -2.13. The highest BCUT2D eigenvalue weighted by Crippen LogP contribution is 2.58. The van der Waals surface area contributed by atoms with Crippen molar-refractivity contribution in [2.24, 2.45) is 0 Å². The Hall–Kier alpha value is 0.860. The Balaban J connectivity index is 1.15. The van der Waals surface area contributed by atoms with Crippen molar-refractivity contribution in [3.8, 4) is 0 Å². The summed E-state index contributed by atoms with van der Waals surface area (Å²) in [6.45, 7) is 0. The Kier molecular flexibility index (Phi) is 9.49. The van der Waals surface area contributed by atoms with Crippen LogP contribution in [0.25, 0.3) is 0 Å². The highest BCUT2D eigenvalue weighted by atomic mass is 31.1. The molecule has 0 nitrogen and oxygen atoms in total. The Labute approximate surface area is 179 Å². The maximum absolute atomic E-state index is 1.66. The first-order chi connectivity index (χ1) is 13.9. The van der Waals surface area contributed by atoms with Gasteiger partial charge in [0.15, 0.2) is 0 Å². The normalized spacial score (nSPS) is 25.9. The fourth-order valence-corrected chi connectivity index (χ4v) is 15.2. The van der Waals surface area contributed by atoms with Crippen molar-refractivity contribution in [2.45, 2.75) is 151 Å². The Morgan fingerprint density at radius 2 is 0.607 bits per heavy atom. The van der Waals surface area contributed by atoms with E-state index in [4.69, 9.17) is 0 Å². The van der Waals surface area contributed by atoms with Crippen LogP contribution in [0.5, 0.6) is 0 Å². The average molecular weight is 423 g/mol. The first-order valence-electron chi connectivity index (χ1n) is 13.4. The second kappa shape index (κ2) is 12.0. The van der Waals surface area contributed by atoms with Gasteiger partial charge < -0.3 is 0 Å². The van der Waals surface area contributed by atoms with Crippen molar-refractivity contribution < 1.29 is 0 Å². The van der Waals surface area contributed by atoms with Gasteiger partial charge in [0, 0.05) is 0 Å². The standard InChI is InChI=1S/C26H48P2/c1(11-21-27(23-13-3-4-14-23)24-15-5-6-16-24)2-12-22-28(25-17-7-8-18-25)26-19-9-10-20-26/h23-26H,1-22H2. The summed E-state index contributed by atoms with van der Waals surface area (Å²) < 4.78 is 0. The minimum absolute atomic E-state index is 0.393. The maximum atomic E-state index is 1.66. The molecule has 0 N–H and O–H groups in total. The summed E-state index contributed by atoms with van der Waals surface area (Å²) in [4.78, 5) is 0. The number of hydrogen-bond acceptors (Lipinski definition) is 0. The summed E-state index contributed by atoms with van der Waals surface area (Å²) in [7, 11) is 0.786. The first-order valence-corrected chi connectivity index (χ1v) is 16.8. The third-order valence-corrected chi connectivity index (χ3v) is 16.2. The van der Waals surface area contributed by atoms with Gasteiger partial charge in [0.25, 0.3) is 0 Å². The van der Waals surface area contributed by atoms with Crippen molar-refractivity contribution in [3.63, 3.8) is 0 Å². The molecular weight excluding hydrogens is 374 g/mol. The highest BCUT2D eigenvalue weighted by molar-refractivity contribution is 7.59. The van der Waals surface area contributed by atoms with E-state index in [1.54, 1.807) is 141 Å². The van der Waals surface area contributed by atoms with E-state index in [2.05, 4.69) is 0 Å². The molecule has 0 aromatic heterocycles. The van der Waals surface area contributed by atoms with E-state index < -0.39 is 0 Å². The average Bonchev–Trinajstić information content (AvgIpc) is 3.52. The van der Waals surface area contributed by atoms with Crippen LogP contribution in [0.3, 0.4) is 0 Å². The van der Waals surface area contributed by atoms with Crippen molar-refractivity contribution >= 4 is 15.8 Å². The molecule has 0 unspecified atom stereocenters. The molecule has 4 aliphatic carbocycles. The van der Waals surface area contributed by atoms with Gasteiger partial charge in [-0.2, -0.15) is 0 Å². The van der Waals surface area contributed by atoms with Crippen LogP contribution in [0, 0.1) is 0 Å². The zero-order valence-electron chi connectivity index (χ0n) is 18.8. The van der Waals surface area contributed by atoms with Gasteiger partial charge in [-0.15, -0.1) is 15.8 Å². The van der Waals surface area contributed by atoms with Crippen LogP contribution in [0.15, 0.2) is 0 Å². The molecule has 0 aromatic rings. The molecule has 0 amide bonds. The first kappa shape index (κ1) is 22.1. The maximum Gasteiger partial charge on any atom is -0.0207 e. The van der Waals surface area contributed by atoms with E-state index in [0.717, 1.165) is 0 Å². The molecule has 4 saturated carbocycles. The predicted molar refractivity (Wildman–Crippen MR) is 131 cm³/mol. The zero-order chi connectivity index (χ0) is 19.0. The number of unbranched alkanes of at least 4 members (excludes halogenated alkanes) is 3.